The number of hydrogen-bond acceptors (Lipinski definition) is 5. The van der Waals surface area contributed by atoms with E-state index in [-0.39, 0.29) is 16.7 Å². The lowest BCUT2D eigenvalue weighted by Gasteiger charge is -2.61. The van der Waals surface area contributed by atoms with Gasteiger partial charge >= 0.3 is 0 Å². The van der Waals surface area contributed by atoms with Crippen LogP contribution in [0, 0.1) is 40.4 Å². The Morgan fingerprint density at radius 2 is 1.61 bits per heavy atom. The highest BCUT2D eigenvalue weighted by atomic mass is 16.7. The van der Waals surface area contributed by atoms with Crippen molar-refractivity contribution in [2.75, 3.05) is 26.4 Å². The van der Waals surface area contributed by atoms with E-state index in [9.17, 15) is 4.79 Å². The molecule has 0 aromatic carbocycles. The largest absolute Gasteiger partial charge is 0.348 e. The van der Waals surface area contributed by atoms with E-state index in [0.29, 0.717) is 55.9 Å². The second-order valence-corrected chi connectivity index (χ2v) is 12.0. The van der Waals surface area contributed by atoms with Gasteiger partial charge in [-0.25, -0.2) is 0 Å². The van der Waals surface area contributed by atoms with Crippen molar-refractivity contribution in [2.24, 2.45) is 40.4 Å². The van der Waals surface area contributed by atoms with Crippen LogP contribution in [-0.4, -0.2) is 43.8 Å². The van der Waals surface area contributed by atoms with Gasteiger partial charge in [-0.3, -0.25) is 4.79 Å². The van der Waals surface area contributed by atoms with Crippen LogP contribution < -0.4 is 0 Å². The van der Waals surface area contributed by atoms with E-state index >= 15 is 0 Å². The number of ketones is 1. The molecule has 0 aromatic heterocycles. The second kappa shape index (κ2) is 6.65. The average Bonchev–Trinajstić information content (AvgIpc) is 3.42. The fourth-order valence-electron chi connectivity index (χ4n) is 9.36. The fourth-order valence-corrected chi connectivity index (χ4v) is 9.36. The molecule has 4 unspecified atom stereocenters. The summed E-state index contributed by atoms with van der Waals surface area (Å²) in [5, 5.41) is 0. The van der Waals surface area contributed by atoms with Gasteiger partial charge in [0.15, 0.2) is 17.4 Å². The normalized spacial score (nSPS) is 50.1. The topological polar surface area (TPSA) is 54.0 Å². The van der Waals surface area contributed by atoms with Crippen LogP contribution in [0.15, 0.2) is 11.6 Å². The summed E-state index contributed by atoms with van der Waals surface area (Å²) in [5.74, 6) is 1.19. The van der Waals surface area contributed by atoms with Gasteiger partial charge in [-0.15, -0.1) is 0 Å². The third kappa shape index (κ3) is 2.73. The van der Waals surface area contributed by atoms with Crippen molar-refractivity contribution in [3.8, 4) is 0 Å². The fraction of sp³-hybridized carbons (Fsp3) is 0.885. The molecule has 0 N–H and O–H groups in total. The highest BCUT2D eigenvalue weighted by Gasteiger charge is 2.66. The molecule has 0 aromatic rings. The maximum atomic E-state index is 13.7. The van der Waals surface area contributed by atoms with Crippen LogP contribution in [-0.2, 0) is 23.7 Å². The molecule has 0 amide bonds. The van der Waals surface area contributed by atoms with Crippen molar-refractivity contribution in [1.82, 2.24) is 0 Å². The van der Waals surface area contributed by atoms with Gasteiger partial charge in [-0.1, -0.05) is 26.3 Å². The third-order valence-corrected chi connectivity index (χ3v) is 10.5. The smallest absolute Gasteiger partial charge is 0.172 e. The van der Waals surface area contributed by atoms with E-state index in [1.54, 1.807) is 0 Å². The van der Waals surface area contributed by atoms with Gasteiger partial charge in [0.25, 0.3) is 0 Å². The summed E-state index contributed by atoms with van der Waals surface area (Å²) in [4.78, 5) is 13.7. The standard InChI is InChI=1S/C26H38O5/c1-16-14-24(3)18(5-6-20(24)25(4)28-9-10-29-25)21-19(27)13-17-15-26(30-11-12-31-26)8-7-23(17,2)22(16)21/h13,16,18,20-22H,5-12,14-15H2,1-4H3/t16-,18?,20?,21?,22?,23+,24+/m1/s1. The Balaban J connectivity index is 1.36. The maximum absolute atomic E-state index is 13.7. The first-order valence-electron chi connectivity index (χ1n) is 12.5. The molecule has 3 saturated carbocycles. The van der Waals surface area contributed by atoms with Crippen LogP contribution in [0.4, 0.5) is 0 Å². The van der Waals surface area contributed by atoms with Crippen LogP contribution in [0.3, 0.4) is 0 Å². The molecule has 5 fully saturated rings. The Bertz CT molecular complexity index is 807. The van der Waals surface area contributed by atoms with E-state index in [4.69, 9.17) is 18.9 Å². The summed E-state index contributed by atoms with van der Waals surface area (Å²) in [6.45, 7) is 12.1. The molecular formula is C26H38O5. The molecular weight excluding hydrogens is 392 g/mol. The first-order valence-corrected chi connectivity index (χ1v) is 12.5. The van der Waals surface area contributed by atoms with Crippen LogP contribution in [0.5, 0.6) is 0 Å². The van der Waals surface area contributed by atoms with Crippen molar-refractivity contribution >= 4 is 5.78 Å². The van der Waals surface area contributed by atoms with Gasteiger partial charge in [-0.05, 0) is 67.3 Å². The molecule has 2 aliphatic heterocycles. The molecule has 6 aliphatic rings. The van der Waals surface area contributed by atoms with Gasteiger partial charge in [-0.2, -0.15) is 0 Å². The molecule has 0 bridgehead atoms. The molecule has 2 heterocycles. The monoisotopic (exact) mass is 430 g/mol. The van der Waals surface area contributed by atoms with E-state index in [1.165, 1.54) is 5.57 Å². The molecule has 1 spiro atoms. The molecule has 6 rings (SSSR count). The minimum Gasteiger partial charge on any atom is -0.348 e. The Morgan fingerprint density at radius 3 is 2.32 bits per heavy atom. The molecule has 2 saturated heterocycles. The van der Waals surface area contributed by atoms with Gasteiger partial charge < -0.3 is 18.9 Å². The molecule has 4 aliphatic carbocycles. The summed E-state index contributed by atoms with van der Waals surface area (Å²) >= 11 is 0. The zero-order valence-electron chi connectivity index (χ0n) is 19.6. The van der Waals surface area contributed by atoms with E-state index in [2.05, 4.69) is 27.7 Å². The molecule has 7 atom stereocenters. The predicted octanol–water partition coefficient (Wildman–Crippen LogP) is 4.50. The first-order chi connectivity index (χ1) is 14.7. The van der Waals surface area contributed by atoms with Crippen LogP contribution in [0.1, 0.15) is 66.2 Å². The van der Waals surface area contributed by atoms with Crippen molar-refractivity contribution in [1.29, 1.82) is 0 Å². The number of fused-ring (bicyclic) bond motifs is 5. The van der Waals surface area contributed by atoms with Crippen molar-refractivity contribution in [3.05, 3.63) is 11.6 Å². The average molecular weight is 431 g/mol. The Morgan fingerprint density at radius 1 is 0.935 bits per heavy atom. The van der Waals surface area contributed by atoms with Gasteiger partial charge in [0, 0.05) is 24.7 Å². The Hall–Kier alpha value is -0.750. The van der Waals surface area contributed by atoms with E-state index < -0.39 is 11.6 Å². The van der Waals surface area contributed by atoms with Crippen molar-refractivity contribution < 1.29 is 23.7 Å². The number of allylic oxidation sites excluding steroid dienone is 1. The summed E-state index contributed by atoms with van der Waals surface area (Å²) in [5.41, 5.74) is 1.44. The lowest BCUT2D eigenvalue weighted by molar-refractivity contribution is -0.221. The highest BCUT2D eigenvalue weighted by Crippen LogP contribution is 2.69. The molecule has 5 heteroatoms. The lowest BCUT2D eigenvalue weighted by atomic mass is 9.44. The zero-order valence-corrected chi connectivity index (χ0v) is 19.6. The zero-order chi connectivity index (χ0) is 21.6. The Labute approximate surface area is 186 Å². The summed E-state index contributed by atoms with van der Waals surface area (Å²) in [7, 11) is 0. The second-order valence-electron chi connectivity index (χ2n) is 12.0. The molecule has 172 valence electrons. The summed E-state index contributed by atoms with van der Waals surface area (Å²) in [6, 6.07) is 0. The van der Waals surface area contributed by atoms with Crippen LogP contribution in [0.2, 0.25) is 0 Å². The predicted molar refractivity (Wildman–Crippen MR) is 115 cm³/mol. The van der Waals surface area contributed by atoms with Crippen molar-refractivity contribution in [2.45, 2.75) is 77.8 Å². The van der Waals surface area contributed by atoms with E-state index in [1.807, 2.05) is 6.08 Å². The van der Waals surface area contributed by atoms with E-state index in [0.717, 1.165) is 38.5 Å². The number of rotatable bonds is 1. The minimum atomic E-state index is -0.493. The number of carbonyl (C=O) groups excluding carboxylic acids is 1. The summed E-state index contributed by atoms with van der Waals surface area (Å²) in [6.07, 6.45) is 8.12. The number of hydrogen-bond donors (Lipinski definition) is 0. The van der Waals surface area contributed by atoms with Gasteiger partial charge in [0.2, 0.25) is 0 Å². The third-order valence-electron chi connectivity index (χ3n) is 10.5. The molecule has 31 heavy (non-hydrogen) atoms. The van der Waals surface area contributed by atoms with Gasteiger partial charge in [0.05, 0.1) is 26.4 Å². The van der Waals surface area contributed by atoms with Crippen LogP contribution in [0.25, 0.3) is 0 Å². The molecule has 0 radical (unpaired) electrons. The number of carbonyl (C=O) groups is 1. The number of ether oxygens (including phenoxy) is 4. The Kier molecular flexibility index (Phi) is 4.47. The van der Waals surface area contributed by atoms with Crippen LogP contribution >= 0.6 is 0 Å². The lowest BCUT2D eigenvalue weighted by Crippen LogP contribution is -2.59. The molecule has 5 nitrogen and oxygen atoms in total. The SMILES string of the molecule is C[C@@H]1C[C@@]2(C)C(CCC2C2(C)OCCO2)C2C(=O)C=C3CC4(CC[C@]3(C)C21)OCCO4. The van der Waals surface area contributed by atoms with Crippen molar-refractivity contribution in [3.63, 3.8) is 0 Å². The quantitative estimate of drug-likeness (QED) is 0.613. The first kappa shape index (κ1) is 20.8. The maximum Gasteiger partial charge on any atom is 0.172 e. The minimum absolute atomic E-state index is 0.0717. The summed E-state index contributed by atoms with van der Waals surface area (Å²) < 4.78 is 24.4. The highest BCUT2D eigenvalue weighted by molar-refractivity contribution is 5.94. The van der Waals surface area contributed by atoms with Gasteiger partial charge in [0.1, 0.15) is 0 Å².